The molecule has 1 fully saturated rings. The molecule has 3 nitrogen and oxygen atoms in total. The van der Waals surface area contributed by atoms with Gasteiger partial charge in [-0.05, 0) is 51.1 Å². The average molecular weight is 329 g/mol. The Balaban J connectivity index is 2.22. The Bertz CT molecular complexity index is 461. The molecule has 1 aliphatic rings. The number of benzene rings is 1. The van der Waals surface area contributed by atoms with Crippen molar-refractivity contribution in [3.8, 4) is 0 Å². The van der Waals surface area contributed by atoms with Crippen molar-refractivity contribution in [2.75, 3.05) is 19.6 Å². The number of carbonyl (C=O) groups is 1. The van der Waals surface area contributed by atoms with Crippen LogP contribution in [0.5, 0.6) is 0 Å². The highest BCUT2D eigenvalue weighted by atomic mass is 79.9. The van der Waals surface area contributed by atoms with Crippen molar-refractivity contribution in [1.82, 2.24) is 10.2 Å². The number of hydrogen-bond donors (Lipinski definition) is 1. The maximum absolute atomic E-state index is 13.8. The molecule has 104 valence electrons. The summed E-state index contributed by atoms with van der Waals surface area (Å²) in [6, 6.07) is 4.69. The highest BCUT2D eigenvalue weighted by molar-refractivity contribution is 9.10. The van der Waals surface area contributed by atoms with Gasteiger partial charge in [0.15, 0.2) is 0 Å². The van der Waals surface area contributed by atoms with Crippen molar-refractivity contribution in [3.05, 3.63) is 34.1 Å². The molecule has 0 spiro atoms. The lowest BCUT2D eigenvalue weighted by Gasteiger charge is -2.34. The molecule has 0 radical (unpaired) electrons. The molecular weight excluding hydrogens is 311 g/mol. The monoisotopic (exact) mass is 328 g/mol. The van der Waals surface area contributed by atoms with Crippen LogP contribution in [0.3, 0.4) is 0 Å². The molecule has 1 N–H and O–H groups in total. The third kappa shape index (κ3) is 3.34. The number of carbonyl (C=O) groups excluding carboxylic acids is 1. The van der Waals surface area contributed by atoms with Crippen molar-refractivity contribution in [3.63, 3.8) is 0 Å². The first-order valence-corrected chi connectivity index (χ1v) is 7.39. The van der Waals surface area contributed by atoms with Gasteiger partial charge in [0.1, 0.15) is 5.82 Å². The molecule has 2 rings (SSSR count). The third-order valence-electron chi connectivity index (χ3n) is 3.51. The van der Waals surface area contributed by atoms with Crippen LogP contribution in [-0.4, -0.2) is 36.5 Å². The van der Waals surface area contributed by atoms with Crippen LogP contribution in [0, 0.1) is 5.82 Å². The lowest BCUT2D eigenvalue weighted by molar-refractivity contribution is 0.0651. The van der Waals surface area contributed by atoms with Crippen LogP contribution in [0.15, 0.2) is 22.7 Å². The number of rotatable bonds is 3. The minimum absolute atomic E-state index is 0.148. The minimum atomic E-state index is -0.458. The van der Waals surface area contributed by atoms with E-state index in [9.17, 15) is 9.18 Å². The Labute approximate surface area is 121 Å². The van der Waals surface area contributed by atoms with Gasteiger partial charge in [-0.15, -0.1) is 0 Å². The summed E-state index contributed by atoms with van der Waals surface area (Å²) in [5.41, 5.74) is 0.148. The normalized spacial score (nSPS) is 16.4. The molecule has 0 aromatic heterocycles. The first kappa shape index (κ1) is 14.5. The molecule has 1 aliphatic heterocycles. The Morgan fingerprint density at radius 2 is 2.16 bits per heavy atom. The summed E-state index contributed by atoms with van der Waals surface area (Å²) in [6.07, 6.45) is 1.85. The fourth-order valence-corrected chi connectivity index (χ4v) is 2.86. The Morgan fingerprint density at radius 3 is 2.79 bits per heavy atom. The van der Waals surface area contributed by atoms with Gasteiger partial charge in [-0.25, -0.2) is 4.39 Å². The molecule has 1 amide bonds. The Hall–Kier alpha value is -0.940. The second kappa shape index (κ2) is 6.48. The van der Waals surface area contributed by atoms with Gasteiger partial charge in [0.05, 0.1) is 5.56 Å². The van der Waals surface area contributed by atoms with Crippen molar-refractivity contribution >= 4 is 21.8 Å². The van der Waals surface area contributed by atoms with Crippen LogP contribution >= 0.6 is 15.9 Å². The first-order chi connectivity index (χ1) is 9.13. The van der Waals surface area contributed by atoms with E-state index in [0.717, 1.165) is 30.4 Å². The van der Waals surface area contributed by atoms with E-state index in [0.29, 0.717) is 6.54 Å². The Kier molecular flexibility index (Phi) is 4.93. The standard InChI is InChI=1S/C14H18BrFN2O/c1-2-18(11-5-7-17-8-6-11)14(19)12-9-10(15)3-4-13(12)16/h3-4,9,11,17H,2,5-8H2,1H3. The second-order valence-corrected chi connectivity index (χ2v) is 5.61. The molecule has 0 unspecified atom stereocenters. The largest absolute Gasteiger partial charge is 0.336 e. The average Bonchev–Trinajstić information content (AvgIpc) is 2.43. The lowest BCUT2D eigenvalue weighted by Crippen LogP contribution is -2.46. The highest BCUT2D eigenvalue weighted by Gasteiger charge is 2.26. The topological polar surface area (TPSA) is 32.3 Å². The minimum Gasteiger partial charge on any atom is -0.336 e. The predicted molar refractivity (Wildman–Crippen MR) is 76.7 cm³/mol. The van der Waals surface area contributed by atoms with E-state index in [1.807, 2.05) is 6.92 Å². The van der Waals surface area contributed by atoms with Crippen LogP contribution in [-0.2, 0) is 0 Å². The van der Waals surface area contributed by atoms with E-state index in [1.165, 1.54) is 6.07 Å². The van der Waals surface area contributed by atoms with Gasteiger partial charge in [-0.2, -0.15) is 0 Å². The van der Waals surface area contributed by atoms with Gasteiger partial charge in [0.25, 0.3) is 5.91 Å². The van der Waals surface area contributed by atoms with E-state index in [1.54, 1.807) is 17.0 Å². The van der Waals surface area contributed by atoms with Crippen molar-refractivity contribution < 1.29 is 9.18 Å². The molecule has 5 heteroatoms. The van der Waals surface area contributed by atoms with E-state index in [4.69, 9.17) is 0 Å². The van der Waals surface area contributed by atoms with Gasteiger partial charge in [0, 0.05) is 17.1 Å². The van der Waals surface area contributed by atoms with Crippen molar-refractivity contribution in [2.24, 2.45) is 0 Å². The smallest absolute Gasteiger partial charge is 0.257 e. The number of amides is 1. The Morgan fingerprint density at radius 1 is 1.47 bits per heavy atom. The fourth-order valence-electron chi connectivity index (χ4n) is 2.50. The predicted octanol–water partition coefficient (Wildman–Crippen LogP) is 2.80. The van der Waals surface area contributed by atoms with Gasteiger partial charge < -0.3 is 10.2 Å². The molecular formula is C14H18BrFN2O. The number of nitrogens with one attached hydrogen (secondary N) is 1. The van der Waals surface area contributed by atoms with Crippen LogP contribution in [0.4, 0.5) is 4.39 Å². The van der Waals surface area contributed by atoms with Gasteiger partial charge in [-0.1, -0.05) is 15.9 Å². The van der Waals surface area contributed by atoms with E-state index in [-0.39, 0.29) is 17.5 Å². The zero-order valence-electron chi connectivity index (χ0n) is 11.0. The summed E-state index contributed by atoms with van der Waals surface area (Å²) in [7, 11) is 0. The molecule has 0 saturated carbocycles. The number of hydrogen-bond acceptors (Lipinski definition) is 2. The van der Waals surface area contributed by atoms with Gasteiger partial charge >= 0.3 is 0 Å². The van der Waals surface area contributed by atoms with Crippen LogP contribution in [0.25, 0.3) is 0 Å². The number of piperidine rings is 1. The summed E-state index contributed by atoms with van der Waals surface area (Å²) in [5, 5.41) is 3.27. The first-order valence-electron chi connectivity index (χ1n) is 6.60. The van der Waals surface area contributed by atoms with Crippen molar-refractivity contribution in [1.29, 1.82) is 0 Å². The molecule has 0 aliphatic carbocycles. The molecule has 1 saturated heterocycles. The molecule has 19 heavy (non-hydrogen) atoms. The maximum atomic E-state index is 13.8. The highest BCUT2D eigenvalue weighted by Crippen LogP contribution is 2.20. The lowest BCUT2D eigenvalue weighted by atomic mass is 10.0. The third-order valence-corrected chi connectivity index (χ3v) is 4.00. The van der Waals surface area contributed by atoms with E-state index in [2.05, 4.69) is 21.2 Å². The quantitative estimate of drug-likeness (QED) is 0.925. The van der Waals surface area contributed by atoms with Crippen LogP contribution < -0.4 is 5.32 Å². The molecule has 1 heterocycles. The summed E-state index contributed by atoms with van der Waals surface area (Å²) in [4.78, 5) is 14.3. The molecule has 0 bridgehead atoms. The summed E-state index contributed by atoms with van der Waals surface area (Å²) in [6.45, 7) is 4.37. The van der Waals surface area contributed by atoms with Gasteiger partial charge in [0.2, 0.25) is 0 Å². The van der Waals surface area contributed by atoms with Crippen LogP contribution in [0.2, 0.25) is 0 Å². The maximum Gasteiger partial charge on any atom is 0.257 e. The molecule has 1 aromatic rings. The van der Waals surface area contributed by atoms with Crippen LogP contribution in [0.1, 0.15) is 30.1 Å². The fraction of sp³-hybridized carbons (Fsp3) is 0.500. The number of halogens is 2. The molecule has 1 aromatic carbocycles. The zero-order chi connectivity index (χ0) is 13.8. The van der Waals surface area contributed by atoms with E-state index >= 15 is 0 Å². The summed E-state index contributed by atoms with van der Waals surface area (Å²) < 4.78 is 14.5. The summed E-state index contributed by atoms with van der Waals surface area (Å²) in [5.74, 6) is -0.672. The van der Waals surface area contributed by atoms with Crippen molar-refractivity contribution in [2.45, 2.75) is 25.8 Å². The van der Waals surface area contributed by atoms with Gasteiger partial charge in [-0.3, -0.25) is 4.79 Å². The molecule has 0 atom stereocenters. The zero-order valence-corrected chi connectivity index (χ0v) is 12.5. The van der Waals surface area contributed by atoms with E-state index < -0.39 is 5.82 Å². The SMILES string of the molecule is CCN(C(=O)c1cc(Br)ccc1F)C1CCNCC1. The summed E-state index contributed by atoms with van der Waals surface area (Å²) >= 11 is 3.28. The number of nitrogens with zero attached hydrogens (tertiary/aromatic N) is 1. The second-order valence-electron chi connectivity index (χ2n) is 4.70.